The number of nitrogens with two attached hydrogens (primary N) is 1. The molecular formula is C13H15N3O2. The minimum Gasteiger partial charge on any atom is -0.494 e. The molecule has 5 nitrogen and oxygen atoms in total. The third kappa shape index (κ3) is 2.57. The normalized spacial score (nSPS) is 10.3. The standard InChI is InChI=1S/C13H15N3O2/c1-2-18-11-5-3-9(4-6-11)12-15-8-10(7-14)13(17)16-12/h3-6,8H,2,7,14H2,1H3,(H,15,16,17). The van der Waals surface area contributed by atoms with Gasteiger partial charge in [-0.2, -0.15) is 0 Å². The minimum atomic E-state index is -0.198. The molecule has 0 aliphatic rings. The molecule has 1 aromatic carbocycles. The van der Waals surface area contributed by atoms with Crippen LogP contribution in [0.3, 0.4) is 0 Å². The maximum Gasteiger partial charge on any atom is 0.255 e. The molecule has 0 radical (unpaired) electrons. The second-order valence-electron chi connectivity index (χ2n) is 3.75. The molecule has 0 saturated carbocycles. The first-order valence-corrected chi connectivity index (χ1v) is 5.76. The highest BCUT2D eigenvalue weighted by atomic mass is 16.5. The van der Waals surface area contributed by atoms with Crippen LogP contribution in [0.25, 0.3) is 11.4 Å². The molecule has 0 aliphatic carbocycles. The molecule has 0 spiro atoms. The van der Waals surface area contributed by atoms with Crippen LogP contribution in [0.15, 0.2) is 35.3 Å². The predicted octanol–water partition coefficient (Wildman–Crippen LogP) is 1.29. The number of nitrogens with zero attached hydrogens (tertiary/aromatic N) is 1. The van der Waals surface area contributed by atoms with E-state index < -0.39 is 0 Å². The first-order valence-electron chi connectivity index (χ1n) is 5.76. The van der Waals surface area contributed by atoms with Gasteiger partial charge in [-0.1, -0.05) is 0 Å². The van der Waals surface area contributed by atoms with Crippen LogP contribution in [0.4, 0.5) is 0 Å². The highest BCUT2D eigenvalue weighted by molar-refractivity contribution is 5.55. The lowest BCUT2D eigenvalue weighted by Gasteiger charge is -2.05. The molecule has 2 aromatic rings. The van der Waals surface area contributed by atoms with Crippen molar-refractivity contribution in [2.24, 2.45) is 5.73 Å². The number of hydrogen-bond donors (Lipinski definition) is 2. The molecule has 0 atom stereocenters. The fourth-order valence-corrected chi connectivity index (χ4v) is 1.59. The van der Waals surface area contributed by atoms with Crippen molar-refractivity contribution < 1.29 is 4.74 Å². The zero-order valence-corrected chi connectivity index (χ0v) is 10.1. The number of H-pyrrole nitrogens is 1. The van der Waals surface area contributed by atoms with Crippen molar-refractivity contribution >= 4 is 0 Å². The van der Waals surface area contributed by atoms with Crippen LogP contribution in [-0.4, -0.2) is 16.6 Å². The monoisotopic (exact) mass is 245 g/mol. The lowest BCUT2D eigenvalue weighted by molar-refractivity contribution is 0.340. The topological polar surface area (TPSA) is 81.0 Å². The van der Waals surface area contributed by atoms with E-state index in [4.69, 9.17) is 10.5 Å². The fourth-order valence-electron chi connectivity index (χ4n) is 1.59. The average Bonchev–Trinajstić information content (AvgIpc) is 2.40. The van der Waals surface area contributed by atoms with E-state index in [1.807, 2.05) is 31.2 Å². The molecule has 18 heavy (non-hydrogen) atoms. The molecule has 0 amide bonds. The van der Waals surface area contributed by atoms with Crippen LogP contribution < -0.4 is 16.0 Å². The molecule has 3 N–H and O–H groups in total. The largest absolute Gasteiger partial charge is 0.494 e. The summed E-state index contributed by atoms with van der Waals surface area (Å²) in [5, 5.41) is 0. The van der Waals surface area contributed by atoms with E-state index in [-0.39, 0.29) is 12.1 Å². The lowest BCUT2D eigenvalue weighted by atomic mass is 10.2. The summed E-state index contributed by atoms with van der Waals surface area (Å²) in [6.07, 6.45) is 1.50. The molecule has 0 saturated heterocycles. The number of aromatic amines is 1. The third-order valence-electron chi connectivity index (χ3n) is 2.53. The van der Waals surface area contributed by atoms with Gasteiger partial charge in [-0.15, -0.1) is 0 Å². The van der Waals surface area contributed by atoms with E-state index in [9.17, 15) is 4.79 Å². The molecule has 0 fully saturated rings. The highest BCUT2D eigenvalue weighted by Crippen LogP contribution is 2.18. The van der Waals surface area contributed by atoms with Crippen molar-refractivity contribution in [2.45, 2.75) is 13.5 Å². The van der Waals surface area contributed by atoms with Crippen molar-refractivity contribution in [1.82, 2.24) is 9.97 Å². The molecule has 5 heteroatoms. The van der Waals surface area contributed by atoms with Gasteiger partial charge in [-0.3, -0.25) is 4.79 Å². The Morgan fingerprint density at radius 1 is 1.33 bits per heavy atom. The third-order valence-corrected chi connectivity index (χ3v) is 2.53. The van der Waals surface area contributed by atoms with Gasteiger partial charge in [0.1, 0.15) is 11.6 Å². The smallest absolute Gasteiger partial charge is 0.255 e. The van der Waals surface area contributed by atoms with Gasteiger partial charge in [0.05, 0.1) is 6.61 Å². The summed E-state index contributed by atoms with van der Waals surface area (Å²) in [7, 11) is 0. The summed E-state index contributed by atoms with van der Waals surface area (Å²) in [6.45, 7) is 2.74. The van der Waals surface area contributed by atoms with E-state index in [2.05, 4.69) is 9.97 Å². The Bertz CT molecular complexity index is 576. The number of aromatic nitrogens is 2. The minimum absolute atomic E-state index is 0.186. The summed E-state index contributed by atoms with van der Waals surface area (Å²) < 4.78 is 5.35. The van der Waals surface area contributed by atoms with Gasteiger partial charge in [0.15, 0.2) is 0 Å². The van der Waals surface area contributed by atoms with Gasteiger partial charge in [0.2, 0.25) is 0 Å². The molecule has 1 aromatic heterocycles. The molecule has 1 heterocycles. The zero-order valence-electron chi connectivity index (χ0n) is 10.1. The van der Waals surface area contributed by atoms with Crippen LogP contribution in [-0.2, 0) is 6.54 Å². The predicted molar refractivity (Wildman–Crippen MR) is 69.4 cm³/mol. The summed E-state index contributed by atoms with van der Waals surface area (Å²) in [4.78, 5) is 18.5. The average molecular weight is 245 g/mol. The quantitative estimate of drug-likeness (QED) is 0.850. The lowest BCUT2D eigenvalue weighted by Crippen LogP contribution is -2.17. The van der Waals surface area contributed by atoms with Crippen molar-refractivity contribution in [3.05, 3.63) is 46.4 Å². The summed E-state index contributed by atoms with van der Waals surface area (Å²) in [5.74, 6) is 1.32. The molecule has 0 unspecified atom stereocenters. The van der Waals surface area contributed by atoms with Gasteiger partial charge in [-0.25, -0.2) is 4.98 Å². The van der Waals surface area contributed by atoms with E-state index >= 15 is 0 Å². The first kappa shape index (κ1) is 12.3. The Kier molecular flexibility index (Phi) is 3.74. The van der Waals surface area contributed by atoms with Crippen LogP contribution in [0.1, 0.15) is 12.5 Å². The number of rotatable bonds is 4. The molecule has 0 bridgehead atoms. The van der Waals surface area contributed by atoms with Gasteiger partial charge in [0.25, 0.3) is 5.56 Å². The molecule has 0 aliphatic heterocycles. The first-order chi connectivity index (χ1) is 8.74. The van der Waals surface area contributed by atoms with Crippen molar-refractivity contribution in [3.8, 4) is 17.1 Å². The molecular weight excluding hydrogens is 230 g/mol. The van der Waals surface area contributed by atoms with Crippen LogP contribution in [0, 0.1) is 0 Å². The Morgan fingerprint density at radius 3 is 2.61 bits per heavy atom. The number of hydrogen-bond acceptors (Lipinski definition) is 4. The van der Waals surface area contributed by atoms with Crippen molar-refractivity contribution in [1.29, 1.82) is 0 Å². The van der Waals surface area contributed by atoms with Crippen LogP contribution in [0.5, 0.6) is 5.75 Å². The maximum atomic E-state index is 11.6. The second-order valence-corrected chi connectivity index (χ2v) is 3.75. The van der Waals surface area contributed by atoms with Gasteiger partial charge >= 0.3 is 0 Å². The Balaban J connectivity index is 2.31. The zero-order chi connectivity index (χ0) is 13.0. The van der Waals surface area contributed by atoms with Gasteiger partial charge in [-0.05, 0) is 31.2 Å². The molecule has 94 valence electrons. The van der Waals surface area contributed by atoms with E-state index in [1.165, 1.54) is 6.20 Å². The summed E-state index contributed by atoms with van der Waals surface area (Å²) in [6, 6.07) is 7.39. The Morgan fingerprint density at radius 2 is 2.06 bits per heavy atom. The van der Waals surface area contributed by atoms with Crippen molar-refractivity contribution in [3.63, 3.8) is 0 Å². The number of benzene rings is 1. The Hall–Kier alpha value is -2.14. The van der Waals surface area contributed by atoms with Crippen molar-refractivity contribution in [2.75, 3.05) is 6.61 Å². The van der Waals surface area contributed by atoms with Crippen LogP contribution in [0.2, 0.25) is 0 Å². The number of ether oxygens (including phenoxy) is 1. The second kappa shape index (κ2) is 5.46. The van der Waals surface area contributed by atoms with E-state index in [0.29, 0.717) is 18.0 Å². The fraction of sp³-hybridized carbons (Fsp3) is 0.231. The van der Waals surface area contributed by atoms with E-state index in [0.717, 1.165) is 11.3 Å². The van der Waals surface area contributed by atoms with Crippen LogP contribution >= 0.6 is 0 Å². The Labute approximate surface area is 105 Å². The van der Waals surface area contributed by atoms with Gasteiger partial charge < -0.3 is 15.5 Å². The summed E-state index contributed by atoms with van der Waals surface area (Å²) >= 11 is 0. The van der Waals surface area contributed by atoms with E-state index in [1.54, 1.807) is 0 Å². The SMILES string of the molecule is CCOc1ccc(-c2ncc(CN)c(=O)[nH]2)cc1. The molecule has 2 rings (SSSR count). The number of nitrogens with one attached hydrogen (secondary N) is 1. The van der Waals surface area contributed by atoms with Gasteiger partial charge in [0, 0.05) is 23.9 Å². The maximum absolute atomic E-state index is 11.6. The highest BCUT2D eigenvalue weighted by Gasteiger charge is 2.03. The summed E-state index contributed by atoms with van der Waals surface area (Å²) in [5.41, 5.74) is 6.53.